The predicted molar refractivity (Wildman–Crippen MR) is 182 cm³/mol. The van der Waals surface area contributed by atoms with Crippen molar-refractivity contribution < 1.29 is 19.4 Å². The standard InChI is InChI=1S/C34H28N10O6/c45-33(37-25-3-7-27(8-4-25)43(47)48)31-21-29(23-11-15-35-16-12-23)39-41(31)19-1-2-20-42-32(22-30(40-42)24-13-17-36-18-14-24)34(46)38-26-5-9-28(10-6-26)44(49)50/h3-18,21-22H,1-2,19-20H2,(H,37,45)(H,38,46). The van der Waals surface area contributed by atoms with E-state index in [0.29, 0.717) is 48.7 Å². The van der Waals surface area contributed by atoms with E-state index in [2.05, 4.69) is 30.8 Å². The van der Waals surface area contributed by atoms with Crippen LogP contribution in [0.5, 0.6) is 0 Å². The van der Waals surface area contributed by atoms with Crippen LogP contribution in [0.25, 0.3) is 22.5 Å². The monoisotopic (exact) mass is 672 g/mol. The highest BCUT2D eigenvalue weighted by atomic mass is 16.6. The number of aromatic nitrogens is 6. The molecule has 6 aromatic rings. The molecule has 0 saturated carbocycles. The van der Waals surface area contributed by atoms with Crippen molar-refractivity contribution in [3.8, 4) is 22.5 Å². The molecule has 6 rings (SSSR count). The van der Waals surface area contributed by atoms with Crippen LogP contribution >= 0.6 is 0 Å². The Morgan fingerprint density at radius 3 is 1.28 bits per heavy atom. The Morgan fingerprint density at radius 2 is 0.940 bits per heavy atom. The highest BCUT2D eigenvalue weighted by Gasteiger charge is 2.19. The average Bonchev–Trinajstić information content (AvgIpc) is 3.77. The molecule has 2 aromatic carbocycles. The summed E-state index contributed by atoms with van der Waals surface area (Å²) in [5, 5.41) is 37.0. The van der Waals surface area contributed by atoms with Gasteiger partial charge < -0.3 is 10.6 Å². The van der Waals surface area contributed by atoms with Crippen LogP contribution in [-0.4, -0.2) is 51.2 Å². The Bertz CT molecular complexity index is 1990. The van der Waals surface area contributed by atoms with Gasteiger partial charge in [0.25, 0.3) is 23.2 Å². The number of hydrogen-bond acceptors (Lipinski definition) is 10. The maximum atomic E-state index is 13.4. The number of pyridine rings is 2. The van der Waals surface area contributed by atoms with E-state index in [-0.39, 0.29) is 22.8 Å². The number of nitrogens with zero attached hydrogens (tertiary/aromatic N) is 8. The van der Waals surface area contributed by atoms with Gasteiger partial charge in [-0.15, -0.1) is 0 Å². The van der Waals surface area contributed by atoms with E-state index in [0.717, 1.165) is 11.1 Å². The van der Waals surface area contributed by atoms with Gasteiger partial charge >= 0.3 is 0 Å². The molecule has 16 heteroatoms. The summed E-state index contributed by atoms with van der Waals surface area (Å²) >= 11 is 0. The van der Waals surface area contributed by atoms with Crippen LogP contribution < -0.4 is 10.6 Å². The zero-order valence-corrected chi connectivity index (χ0v) is 26.2. The summed E-state index contributed by atoms with van der Waals surface area (Å²) in [6.07, 6.45) is 7.64. The molecule has 2 amide bonds. The molecule has 4 aromatic heterocycles. The van der Waals surface area contributed by atoms with Crippen molar-refractivity contribution in [1.82, 2.24) is 29.5 Å². The number of non-ortho nitro benzene ring substituents is 2. The molecule has 0 bridgehead atoms. The number of anilines is 2. The Labute approximate surface area is 283 Å². The number of amides is 2. The van der Waals surface area contributed by atoms with Crippen LogP contribution in [0, 0.1) is 20.2 Å². The number of carbonyl (C=O) groups is 2. The second-order valence-electron chi connectivity index (χ2n) is 11.0. The molecule has 250 valence electrons. The van der Waals surface area contributed by atoms with Crippen molar-refractivity contribution in [3.05, 3.63) is 141 Å². The minimum atomic E-state index is -0.515. The Morgan fingerprint density at radius 1 is 0.580 bits per heavy atom. The normalized spacial score (nSPS) is 10.8. The van der Waals surface area contributed by atoms with Crippen molar-refractivity contribution in [3.63, 3.8) is 0 Å². The fraction of sp³-hybridized carbons (Fsp3) is 0.118. The van der Waals surface area contributed by atoms with Crippen LogP contribution in [0.3, 0.4) is 0 Å². The summed E-state index contributed by atoms with van der Waals surface area (Å²) in [6.45, 7) is 0.716. The summed E-state index contributed by atoms with van der Waals surface area (Å²) in [5.41, 5.74) is 3.86. The number of hydrogen-bond donors (Lipinski definition) is 2. The maximum Gasteiger partial charge on any atom is 0.273 e. The van der Waals surface area contributed by atoms with E-state index in [4.69, 9.17) is 0 Å². The number of aryl methyl sites for hydroxylation is 2. The quantitative estimate of drug-likeness (QED) is 0.0830. The number of rotatable bonds is 13. The summed E-state index contributed by atoms with van der Waals surface area (Å²) in [6, 6.07) is 21.6. The number of benzene rings is 2. The van der Waals surface area contributed by atoms with Gasteiger partial charge in [-0.05, 0) is 73.5 Å². The third kappa shape index (κ3) is 7.71. The smallest absolute Gasteiger partial charge is 0.273 e. The molecule has 4 heterocycles. The van der Waals surface area contributed by atoms with Gasteiger partial charge in [0, 0.05) is 84.6 Å². The molecule has 0 radical (unpaired) electrons. The van der Waals surface area contributed by atoms with Crippen molar-refractivity contribution in [2.24, 2.45) is 0 Å². The zero-order valence-electron chi connectivity index (χ0n) is 26.2. The molecule has 0 aliphatic rings. The molecule has 0 unspecified atom stereocenters. The van der Waals surface area contributed by atoms with Gasteiger partial charge in [-0.1, -0.05) is 0 Å². The summed E-state index contributed by atoms with van der Waals surface area (Å²) < 4.78 is 3.20. The molecule has 0 atom stereocenters. The van der Waals surface area contributed by atoms with Gasteiger partial charge in [0.05, 0.1) is 21.2 Å². The van der Waals surface area contributed by atoms with Crippen LogP contribution in [-0.2, 0) is 13.1 Å². The van der Waals surface area contributed by atoms with E-state index in [1.807, 2.05) is 0 Å². The molecule has 0 aliphatic heterocycles. The number of nitro benzene ring substituents is 2. The second kappa shape index (κ2) is 14.8. The number of unbranched alkanes of at least 4 members (excludes halogenated alkanes) is 1. The van der Waals surface area contributed by atoms with Gasteiger partial charge in [0.2, 0.25) is 0 Å². The van der Waals surface area contributed by atoms with Crippen LogP contribution in [0.1, 0.15) is 33.8 Å². The molecule has 0 fully saturated rings. The third-order valence-electron chi connectivity index (χ3n) is 7.64. The van der Waals surface area contributed by atoms with Crippen molar-refractivity contribution in [1.29, 1.82) is 0 Å². The van der Waals surface area contributed by atoms with Crippen molar-refractivity contribution >= 4 is 34.6 Å². The van der Waals surface area contributed by atoms with Crippen LogP contribution in [0.15, 0.2) is 110 Å². The molecular weight excluding hydrogens is 644 g/mol. The average molecular weight is 673 g/mol. The first-order chi connectivity index (χ1) is 24.2. The van der Waals surface area contributed by atoms with Gasteiger partial charge in [0.15, 0.2) is 0 Å². The first kappa shape index (κ1) is 32.8. The zero-order chi connectivity index (χ0) is 35.0. The van der Waals surface area contributed by atoms with E-state index in [1.165, 1.54) is 48.5 Å². The summed E-state index contributed by atoms with van der Waals surface area (Å²) in [4.78, 5) is 55.9. The molecule has 0 saturated heterocycles. The van der Waals surface area contributed by atoms with Crippen molar-refractivity contribution in [2.45, 2.75) is 25.9 Å². The Kier molecular flexibility index (Phi) is 9.69. The first-order valence-electron chi connectivity index (χ1n) is 15.3. The van der Waals surface area contributed by atoms with Crippen LogP contribution in [0.4, 0.5) is 22.7 Å². The van der Waals surface area contributed by atoms with Gasteiger partial charge in [0.1, 0.15) is 11.4 Å². The summed E-state index contributed by atoms with van der Waals surface area (Å²) in [7, 11) is 0. The molecule has 0 aliphatic carbocycles. The lowest BCUT2D eigenvalue weighted by molar-refractivity contribution is -0.385. The predicted octanol–water partition coefficient (Wildman–Crippen LogP) is 6.01. The van der Waals surface area contributed by atoms with Gasteiger partial charge in [-0.25, -0.2) is 0 Å². The molecular formula is C34H28N10O6. The van der Waals surface area contributed by atoms with E-state index in [1.54, 1.807) is 70.5 Å². The second-order valence-corrected chi connectivity index (χ2v) is 11.0. The van der Waals surface area contributed by atoms with E-state index >= 15 is 0 Å². The maximum absolute atomic E-state index is 13.4. The highest BCUT2D eigenvalue weighted by Crippen LogP contribution is 2.23. The third-order valence-corrected chi connectivity index (χ3v) is 7.64. The fourth-order valence-corrected chi connectivity index (χ4v) is 5.11. The Balaban J connectivity index is 1.18. The fourth-order valence-electron chi connectivity index (χ4n) is 5.11. The molecule has 16 nitrogen and oxygen atoms in total. The minimum Gasteiger partial charge on any atom is -0.321 e. The number of nitro groups is 2. The number of carbonyl (C=O) groups excluding carboxylic acids is 2. The SMILES string of the molecule is O=C(Nc1ccc([N+](=O)[O-])cc1)c1cc(-c2ccncc2)nn1CCCCn1nc(-c2ccncc2)cc1C(=O)Nc1ccc([N+](=O)[O-])cc1. The molecule has 50 heavy (non-hydrogen) atoms. The summed E-state index contributed by atoms with van der Waals surface area (Å²) in [5.74, 6) is -0.878. The lowest BCUT2D eigenvalue weighted by Crippen LogP contribution is -2.19. The highest BCUT2D eigenvalue weighted by molar-refractivity contribution is 6.04. The van der Waals surface area contributed by atoms with E-state index in [9.17, 15) is 29.8 Å². The van der Waals surface area contributed by atoms with Gasteiger partial charge in [-0.2, -0.15) is 10.2 Å². The first-order valence-corrected chi connectivity index (χ1v) is 15.3. The topological polar surface area (TPSA) is 206 Å². The minimum absolute atomic E-state index is 0.0925. The van der Waals surface area contributed by atoms with Crippen molar-refractivity contribution in [2.75, 3.05) is 10.6 Å². The largest absolute Gasteiger partial charge is 0.321 e. The van der Waals surface area contributed by atoms with Gasteiger partial charge in [-0.3, -0.25) is 49.1 Å². The lowest BCUT2D eigenvalue weighted by atomic mass is 10.2. The van der Waals surface area contributed by atoms with E-state index < -0.39 is 21.7 Å². The lowest BCUT2D eigenvalue weighted by Gasteiger charge is -2.10. The molecule has 2 N–H and O–H groups in total. The van der Waals surface area contributed by atoms with Crippen LogP contribution in [0.2, 0.25) is 0 Å². The molecule has 0 spiro atoms. The Hall–Kier alpha value is -7.10. The number of nitrogens with one attached hydrogen (secondary N) is 2.